The van der Waals surface area contributed by atoms with Gasteiger partial charge in [0.05, 0.1) is 6.20 Å². The van der Waals surface area contributed by atoms with Crippen molar-refractivity contribution in [2.45, 2.75) is 13.3 Å². The zero-order chi connectivity index (χ0) is 15.8. The Morgan fingerprint density at radius 2 is 2.09 bits per heavy atom. The Balaban J connectivity index is 1.67. The molecule has 1 amide bonds. The lowest BCUT2D eigenvalue weighted by molar-refractivity contribution is 0.0989. The van der Waals surface area contributed by atoms with Crippen molar-refractivity contribution in [3.8, 4) is 11.3 Å². The van der Waals surface area contributed by atoms with Crippen LogP contribution in [-0.4, -0.2) is 17.6 Å². The fourth-order valence-corrected chi connectivity index (χ4v) is 3.06. The molecule has 114 valence electrons. The van der Waals surface area contributed by atoms with Gasteiger partial charge in [0.15, 0.2) is 5.76 Å². The van der Waals surface area contributed by atoms with Gasteiger partial charge in [-0.15, -0.1) is 0 Å². The molecule has 0 saturated carbocycles. The van der Waals surface area contributed by atoms with Gasteiger partial charge in [0, 0.05) is 29.4 Å². The average molecular weight is 304 g/mol. The summed E-state index contributed by atoms with van der Waals surface area (Å²) in [6.07, 6.45) is 2.49. The molecule has 1 aliphatic heterocycles. The van der Waals surface area contributed by atoms with Gasteiger partial charge in [-0.25, -0.2) is 0 Å². The van der Waals surface area contributed by atoms with Crippen LogP contribution in [0.15, 0.2) is 59.3 Å². The van der Waals surface area contributed by atoms with Crippen molar-refractivity contribution >= 4 is 11.6 Å². The van der Waals surface area contributed by atoms with Crippen LogP contribution in [0.4, 0.5) is 5.69 Å². The monoisotopic (exact) mass is 304 g/mol. The molecule has 4 heteroatoms. The van der Waals surface area contributed by atoms with Crippen molar-refractivity contribution in [3.05, 3.63) is 71.4 Å². The highest BCUT2D eigenvalue weighted by molar-refractivity contribution is 6.07. The fraction of sp³-hybridized carbons (Fsp3) is 0.158. The van der Waals surface area contributed by atoms with Gasteiger partial charge in [-0.2, -0.15) is 0 Å². The molecule has 0 aliphatic carbocycles. The topological polar surface area (TPSA) is 46.3 Å². The molecule has 0 unspecified atom stereocenters. The van der Waals surface area contributed by atoms with E-state index in [0.717, 1.165) is 34.6 Å². The summed E-state index contributed by atoms with van der Waals surface area (Å²) < 4.78 is 5.21. The lowest BCUT2D eigenvalue weighted by atomic mass is 10.1. The van der Waals surface area contributed by atoms with E-state index in [4.69, 9.17) is 4.52 Å². The molecule has 3 aromatic rings. The molecule has 23 heavy (non-hydrogen) atoms. The Kier molecular flexibility index (Phi) is 3.23. The van der Waals surface area contributed by atoms with Crippen LogP contribution in [0.2, 0.25) is 0 Å². The van der Waals surface area contributed by atoms with Crippen molar-refractivity contribution in [1.82, 2.24) is 5.16 Å². The normalized spacial score (nSPS) is 13.2. The van der Waals surface area contributed by atoms with Crippen molar-refractivity contribution in [1.29, 1.82) is 0 Å². The van der Waals surface area contributed by atoms with Gasteiger partial charge in [-0.05, 0) is 49.2 Å². The summed E-state index contributed by atoms with van der Waals surface area (Å²) in [4.78, 5) is 14.6. The Morgan fingerprint density at radius 3 is 2.87 bits per heavy atom. The number of rotatable bonds is 2. The summed E-state index contributed by atoms with van der Waals surface area (Å²) in [5.74, 6) is 0.802. The highest BCUT2D eigenvalue weighted by atomic mass is 16.5. The Bertz CT molecular complexity index is 869. The minimum absolute atomic E-state index is 0.0554. The van der Waals surface area contributed by atoms with Gasteiger partial charge in [-0.1, -0.05) is 22.9 Å². The van der Waals surface area contributed by atoms with Crippen LogP contribution in [0.5, 0.6) is 0 Å². The summed E-state index contributed by atoms with van der Waals surface area (Å²) in [6, 6.07) is 15.6. The van der Waals surface area contributed by atoms with Crippen LogP contribution in [-0.2, 0) is 6.42 Å². The quantitative estimate of drug-likeness (QED) is 0.722. The van der Waals surface area contributed by atoms with Gasteiger partial charge in [0.1, 0.15) is 0 Å². The number of aromatic nitrogens is 1. The molecule has 4 nitrogen and oxygen atoms in total. The SMILES string of the molecule is Cc1cccc(C(=O)N2CCc3cc(-c4ccno4)ccc32)c1. The lowest BCUT2D eigenvalue weighted by Crippen LogP contribution is -2.28. The Labute approximate surface area is 134 Å². The Morgan fingerprint density at radius 1 is 1.17 bits per heavy atom. The van der Waals surface area contributed by atoms with Crippen molar-refractivity contribution < 1.29 is 9.32 Å². The van der Waals surface area contributed by atoms with Crippen molar-refractivity contribution in [2.75, 3.05) is 11.4 Å². The molecule has 0 atom stereocenters. The fourth-order valence-electron chi connectivity index (χ4n) is 3.06. The maximum Gasteiger partial charge on any atom is 0.258 e. The van der Waals surface area contributed by atoms with E-state index in [1.54, 1.807) is 6.20 Å². The molecular weight excluding hydrogens is 288 g/mol. The number of hydrogen-bond donors (Lipinski definition) is 0. The first-order chi connectivity index (χ1) is 11.2. The second-order valence-corrected chi connectivity index (χ2v) is 5.80. The maximum atomic E-state index is 12.8. The number of anilines is 1. The maximum absolute atomic E-state index is 12.8. The second-order valence-electron chi connectivity index (χ2n) is 5.80. The third-order valence-corrected chi connectivity index (χ3v) is 4.21. The highest BCUT2D eigenvalue weighted by Crippen LogP contribution is 2.33. The first-order valence-corrected chi connectivity index (χ1v) is 7.65. The molecule has 1 aliphatic rings. The molecule has 0 bridgehead atoms. The van der Waals surface area contributed by atoms with Gasteiger partial charge < -0.3 is 9.42 Å². The minimum atomic E-state index is 0.0554. The smallest absolute Gasteiger partial charge is 0.258 e. The van der Waals surface area contributed by atoms with Crippen molar-refractivity contribution in [2.24, 2.45) is 0 Å². The van der Waals surface area contributed by atoms with E-state index in [1.807, 2.05) is 54.3 Å². The first-order valence-electron chi connectivity index (χ1n) is 7.65. The average Bonchev–Trinajstić information content (AvgIpc) is 3.23. The molecule has 4 rings (SSSR count). The van der Waals surface area contributed by atoms with Gasteiger partial charge in [0.25, 0.3) is 5.91 Å². The second kappa shape index (κ2) is 5.39. The van der Waals surface area contributed by atoms with Crippen LogP contribution in [0.3, 0.4) is 0 Å². The predicted octanol–water partition coefficient (Wildman–Crippen LogP) is 3.85. The molecule has 0 saturated heterocycles. The number of hydrogen-bond acceptors (Lipinski definition) is 3. The third-order valence-electron chi connectivity index (χ3n) is 4.21. The standard InChI is InChI=1S/C19H16N2O2/c1-13-3-2-4-16(11-13)19(22)21-10-8-14-12-15(5-6-17(14)21)18-7-9-20-23-18/h2-7,9,11-12H,8,10H2,1H3. The first kappa shape index (κ1) is 13.8. The van der Waals surface area contributed by atoms with Crippen LogP contribution >= 0.6 is 0 Å². The number of nitrogens with zero attached hydrogens (tertiary/aromatic N) is 2. The van der Waals surface area contributed by atoms with E-state index in [9.17, 15) is 4.79 Å². The largest absolute Gasteiger partial charge is 0.356 e. The van der Waals surface area contributed by atoms with Crippen LogP contribution in [0, 0.1) is 6.92 Å². The summed E-state index contributed by atoms with van der Waals surface area (Å²) >= 11 is 0. The summed E-state index contributed by atoms with van der Waals surface area (Å²) in [5, 5.41) is 3.74. The number of amides is 1. The van der Waals surface area contributed by atoms with Crippen LogP contribution in [0.25, 0.3) is 11.3 Å². The molecular formula is C19H16N2O2. The third kappa shape index (κ3) is 2.42. The van der Waals surface area contributed by atoms with E-state index < -0.39 is 0 Å². The zero-order valence-corrected chi connectivity index (χ0v) is 12.8. The molecule has 2 heterocycles. The number of aryl methyl sites for hydroxylation is 1. The summed E-state index contributed by atoms with van der Waals surface area (Å²) in [6.45, 7) is 2.71. The van der Waals surface area contributed by atoms with E-state index in [2.05, 4.69) is 11.2 Å². The van der Waals surface area contributed by atoms with Gasteiger partial charge in [0.2, 0.25) is 0 Å². The van der Waals surface area contributed by atoms with Gasteiger partial charge >= 0.3 is 0 Å². The molecule has 0 radical (unpaired) electrons. The Hall–Kier alpha value is -2.88. The number of carbonyl (C=O) groups excluding carboxylic acids is 1. The highest BCUT2D eigenvalue weighted by Gasteiger charge is 2.26. The number of benzene rings is 2. The van der Waals surface area contributed by atoms with E-state index in [0.29, 0.717) is 6.54 Å². The predicted molar refractivity (Wildman–Crippen MR) is 88.5 cm³/mol. The summed E-state index contributed by atoms with van der Waals surface area (Å²) in [7, 11) is 0. The summed E-state index contributed by atoms with van der Waals surface area (Å²) in [5.41, 5.74) is 4.97. The molecule has 1 aromatic heterocycles. The molecule has 2 aromatic carbocycles. The van der Waals surface area contributed by atoms with E-state index in [1.165, 1.54) is 5.56 Å². The molecule has 0 N–H and O–H groups in total. The lowest BCUT2D eigenvalue weighted by Gasteiger charge is -2.17. The minimum Gasteiger partial charge on any atom is -0.356 e. The van der Waals surface area contributed by atoms with Crippen LogP contribution < -0.4 is 4.90 Å². The van der Waals surface area contributed by atoms with Crippen LogP contribution in [0.1, 0.15) is 21.5 Å². The number of carbonyl (C=O) groups is 1. The van der Waals surface area contributed by atoms with E-state index >= 15 is 0 Å². The van der Waals surface area contributed by atoms with E-state index in [-0.39, 0.29) is 5.91 Å². The van der Waals surface area contributed by atoms with Gasteiger partial charge in [-0.3, -0.25) is 4.79 Å². The van der Waals surface area contributed by atoms with Crippen molar-refractivity contribution in [3.63, 3.8) is 0 Å². The number of fused-ring (bicyclic) bond motifs is 1. The molecule has 0 fully saturated rings. The molecule has 0 spiro atoms. The zero-order valence-electron chi connectivity index (χ0n) is 12.8.